The second-order valence-corrected chi connectivity index (χ2v) is 5.08. The molecule has 82 valence electrons. The number of rotatable bonds is 2. The molecular weight excluding hydrogens is 176 g/mol. The van der Waals surface area contributed by atoms with E-state index < -0.39 is 0 Å². The fourth-order valence-electron chi connectivity index (χ4n) is 2.97. The molecule has 2 unspecified atom stereocenters. The van der Waals surface area contributed by atoms with Crippen LogP contribution in [0.15, 0.2) is 0 Å². The van der Waals surface area contributed by atoms with Gasteiger partial charge in [-0.2, -0.15) is 0 Å². The highest BCUT2D eigenvalue weighted by atomic mass is 16.5. The first kappa shape index (κ1) is 10.4. The lowest BCUT2D eigenvalue weighted by Gasteiger charge is -2.55. The number of nitrogens with two attached hydrogens (primary N) is 1. The molecule has 0 bridgehead atoms. The third-order valence-electron chi connectivity index (χ3n) is 4.21. The van der Waals surface area contributed by atoms with Crippen molar-refractivity contribution in [3.8, 4) is 0 Å². The van der Waals surface area contributed by atoms with Crippen LogP contribution in [-0.4, -0.2) is 44.3 Å². The summed E-state index contributed by atoms with van der Waals surface area (Å²) in [5.41, 5.74) is 6.09. The van der Waals surface area contributed by atoms with Crippen molar-refractivity contribution >= 4 is 0 Å². The van der Waals surface area contributed by atoms with E-state index in [1.54, 1.807) is 0 Å². The molecule has 2 saturated heterocycles. The van der Waals surface area contributed by atoms with Crippen molar-refractivity contribution in [3.05, 3.63) is 0 Å². The molecule has 2 aliphatic rings. The summed E-state index contributed by atoms with van der Waals surface area (Å²) >= 11 is 0. The Morgan fingerprint density at radius 1 is 1.29 bits per heavy atom. The van der Waals surface area contributed by atoms with Gasteiger partial charge in [0.15, 0.2) is 0 Å². The Bertz CT molecular complexity index is 189. The number of hydrogen-bond acceptors (Lipinski definition) is 3. The topological polar surface area (TPSA) is 38.5 Å². The van der Waals surface area contributed by atoms with Crippen LogP contribution in [0.1, 0.15) is 13.8 Å². The summed E-state index contributed by atoms with van der Waals surface area (Å²) in [4.78, 5) is 2.50. The first-order valence-electron chi connectivity index (χ1n) is 5.69. The lowest BCUT2D eigenvalue weighted by Crippen LogP contribution is -2.61. The smallest absolute Gasteiger partial charge is 0.0550 e. The van der Waals surface area contributed by atoms with Crippen LogP contribution >= 0.6 is 0 Å². The number of likely N-dealkylation sites (tertiary alicyclic amines) is 1. The van der Waals surface area contributed by atoms with Crippen LogP contribution in [0.5, 0.6) is 0 Å². The maximum absolute atomic E-state index is 5.60. The number of hydrogen-bond donors (Lipinski definition) is 1. The van der Waals surface area contributed by atoms with Crippen molar-refractivity contribution in [2.45, 2.75) is 13.8 Å². The summed E-state index contributed by atoms with van der Waals surface area (Å²) < 4.78 is 5.41. The first-order valence-corrected chi connectivity index (χ1v) is 5.69. The van der Waals surface area contributed by atoms with Crippen LogP contribution in [0.4, 0.5) is 0 Å². The average Bonchev–Trinajstić information content (AvgIpc) is 2.00. The van der Waals surface area contributed by atoms with Crippen molar-refractivity contribution < 1.29 is 4.74 Å². The van der Waals surface area contributed by atoms with Crippen LogP contribution in [0.3, 0.4) is 0 Å². The molecule has 0 aliphatic carbocycles. The van der Waals surface area contributed by atoms with Crippen LogP contribution in [0, 0.1) is 17.3 Å². The molecule has 3 heteroatoms. The Balaban J connectivity index is 1.99. The van der Waals surface area contributed by atoms with E-state index in [0.717, 1.165) is 38.1 Å². The predicted molar refractivity (Wildman–Crippen MR) is 57.1 cm³/mol. The highest BCUT2D eigenvalue weighted by Crippen LogP contribution is 2.46. The molecule has 0 aromatic heterocycles. The van der Waals surface area contributed by atoms with Gasteiger partial charge in [-0.25, -0.2) is 0 Å². The molecule has 2 atom stereocenters. The molecule has 3 nitrogen and oxygen atoms in total. The Labute approximate surface area is 86.6 Å². The summed E-state index contributed by atoms with van der Waals surface area (Å²) in [6.07, 6.45) is 0. The first-order chi connectivity index (χ1) is 6.69. The van der Waals surface area contributed by atoms with Crippen molar-refractivity contribution in [2.75, 3.05) is 39.4 Å². The molecule has 2 heterocycles. The second kappa shape index (κ2) is 3.80. The largest absolute Gasteiger partial charge is 0.380 e. The van der Waals surface area contributed by atoms with Crippen LogP contribution in [-0.2, 0) is 4.74 Å². The summed E-state index contributed by atoms with van der Waals surface area (Å²) in [5, 5.41) is 0. The zero-order valence-electron chi connectivity index (χ0n) is 9.33. The molecule has 2 aliphatic heterocycles. The van der Waals surface area contributed by atoms with Crippen molar-refractivity contribution in [1.29, 1.82) is 0 Å². The average molecular weight is 198 g/mol. The number of nitrogens with zero attached hydrogens (tertiary/aromatic N) is 1. The molecule has 2 fully saturated rings. The van der Waals surface area contributed by atoms with Crippen molar-refractivity contribution in [3.63, 3.8) is 0 Å². The van der Waals surface area contributed by atoms with E-state index >= 15 is 0 Å². The molecule has 14 heavy (non-hydrogen) atoms. The Hall–Kier alpha value is -0.120. The lowest BCUT2D eigenvalue weighted by molar-refractivity contribution is -0.195. The minimum atomic E-state index is 0.491. The van der Waals surface area contributed by atoms with Gasteiger partial charge in [-0.15, -0.1) is 0 Å². The van der Waals surface area contributed by atoms with Crippen LogP contribution in [0.25, 0.3) is 0 Å². The molecule has 1 spiro atoms. The minimum absolute atomic E-state index is 0.491. The Kier molecular flexibility index (Phi) is 2.82. The van der Waals surface area contributed by atoms with Gasteiger partial charge in [-0.05, 0) is 11.8 Å². The van der Waals surface area contributed by atoms with Gasteiger partial charge >= 0.3 is 0 Å². The van der Waals surface area contributed by atoms with Gasteiger partial charge in [-0.1, -0.05) is 13.8 Å². The van der Waals surface area contributed by atoms with Crippen molar-refractivity contribution in [2.24, 2.45) is 23.0 Å². The highest BCUT2D eigenvalue weighted by molar-refractivity contribution is 4.99. The maximum atomic E-state index is 5.60. The van der Waals surface area contributed by atoms with Gasteiger partial charge in [0.25, 0.3) is 0 Å². The van der Waals surface area contributed by atoms with E-state index in [2.05, 4.69) is 18.7 Å². The van der Waals surface area contributed by atoms with Gasteiger partial charge in [0.2, 0.25) is 0 Å². The summed E-state index contributed by atoms with van der Waals surface area (Å²) in [6, 6.07) is 0. The van der Waals surface area contributed by atoms with E-state index in [9.17, 15) is 0 Å². The Morgan fingerprint density at radius 3 is 2.21 bits per heavy atom. The molecule has 2 N–H and O–H groups in total. The number of ether oxygens (including phenoxy) is 1. The summed E-state index contributed by atoms with van der Waals surface area (Å²) in [6.45, 7) is 10.9. The van der Waals surface area contributed by atoms with E-state index in [1.807, 2.05) is 0 Å². The molecule has 0 amide bonds. The van der Waals surface area contributed by atoms with Gasteiger partial charge in [-0.3, -0.25) is 0 Å². The predicted octanol–water partition coefficient (Wildman–Crippen LogP) is 0.549. The van der Waals surface area contributed by atoms with E-state index in [4.69, 9.17) is 10.5 Å². The molecule has 0 aromatic rings. The van der Waals surface area contributed by atoms with Crippen molar-refractivity contribution in [1.82, 2.24) is 4.90 Å². The van der Waals surface area contributed by atoms with Gasteiger partial charge in [0.05, 0.1) is 13.2 Å². The Morgan fingerprint density at radius 2 is 1.86 bits per heavy atom. The second-order valence-electron chi connectivity index (χ2n) is 5.08. The van der Waals surface area contributed by atoms with E-state index in [0.29, 0.717) is 5.41 Å². The third kappa shape index (κ3) is 1.47. The quantitative estimate of drug-likeness (QED) is 0.704. The van der Waals surface area contributed by atoms with Crippen LogP contribution < -0.4 is 5.73 Å². The third-order valence-corrected chi connectivity index (χ3v) is 4.21. The molecular formula is C11H22N2O. The fraction of sp³-hybridized carbons (Fsp3) is 1.00. The fourth-order valence-corrected chi connectivity index (χ4v) is 2.97. The summed E-state index contributed by atoms with van der Waals surface area (Å²) in [5.74, 6) is 1.51. The minimum Gasteiger partial charge on any atom is -0.380 e. The van der Waals surface area contributed by atoms with Gasteiger partial charge in [0.1, 0.15) is 0 Å². The monoisotopic (exact) mass is 198 g/mol. The van der Waals surface area contributed by atoms with Gasteiger partial charge in [0, 0.05) is 31.6 Å². The zero-order valence-corrected chi connectivity index (χ0v) is 9.33. The lowest BCUT2D eigenvalue weighted by atomic mass is 9.63. The molecule has 0 radical (unpaired) electrons. The standard InChI is InChI=1S/C11H22N2O/c1-9-5-13(4-3-12)6-10(2)11(9)7-14-8-11/h9-10H,3-8,12H2,1-2H3. The SMILES string of the molecule is CC1CN(CCN)CC(C)C12COC2. The van der Waals surface area contributed by atoms with E-state index in [1.165, 1.54) is 13.1 Å². The maximum Gasteiger partial charge on any atom is 0.0550 e. The molecule has 0 saturated carbocycles. The molecule has 0 aromatic carbocycles. The van der Waals surface area contributed by atoms with Crippen LogP contribution in [0.2, 0.25) is 0 Å². The number of piperidine rings is 1. The molecule has 2 rings (SSSR count). The van der Waals surface area contributed by atoms with E-state index in [-0.39, 0.29) is 0 Å². The van der Waals surface area contributed by atoms with Gasteiger partial charge < -0.3 is 15.4 Å². The summed E-state index contributed by atoms with van der Waals surface area (Å²) in [7, 11) is 0. The normalized spacial score (nSPS) is 37.1. The zero-order chi connectivity index (χ0) is 10.2. The highest BCUT2D eigenvalue weighted by Gasteiger charge is 2.50.